The molecule has 180 valence electrons. The first kappa shape index (κ1) is 27.1. The number of hydrogen-bond acceptors (Lipinski definition) is 3. The van der Waals surface area contributed by atoms with Gasteiger partial charge in [0.05, 0.1) is 22.2 Å². The van der Waals surface area contributed by atoms with E-state index in [1.54, 1.807) is 37.3 Å². The summed E-state index contributed by atoms with van der Waals surface area (Å²) in [6.45, 7) is 4.69. The van der Waals surface area contributed by atoms with Crippen molar-refractivity contribution in [3.63, 3.8) is 0 Å². The normalized spacial score (nSPS) is 11.5. The summed E-state index contributed by atoms with van der Waals surface area (Å²) in [7, 11) is 0. The molecule has 1 N–H and O–H groups in total. The minimum Gasteiger partial charge on any atom is -0.490 e. The van der Waals surface area contributed by atoms with Crippen LogP contribution in [0.2, 0.25) is 10.0 Å². The Morgan fingerprint density at radius 2 is 1.55 bits per heavy atom. The summed E-state index contributed by atoms with van der Waals surface area (Å²) in [5.41, 5.74) is 1.61. The van der Waals surface area contributed by atoms with Crippen molar-refractivity contribution in [2.45, 2.75) is 71.8 Å². The van der Waals surface area contributed by atoms with Gasteiger partial charge in [0.25, 0.3) is 0 Å². The number of ether oxygens (including phenoxy) is 2. The first-order valence-electron chi connectivity index (χ1n) is 11.7. The Balaban J connectivity index is 1.89. The molecular formula is C27H34Cl2O4. The molecule has 0 spiro atoms. The lowest BCUT2D eigenvalue weighted by Gasteiger charge is -2.14. The molecule has 0 heterocycles. The van der Waals surface area contributed by atoms with E-state index in [1.165, 1.54) is 38.5 Å². The molecule has 0 unspecified atom stereocenters. The maximum absolute atomic E-state index is 11.5. The molecular weight excluding hydrogens is 459 g/mol. The third-order valence-electron chi connectivity index (χ3n) is 5.44. The summed E-state index contributed by atoms with van der Waals surface area (Å²) in [5.74, 6) is -0.0123. The van der Waals surface area contributed by atoms with E-state index in [-0.39, 0.29) is 12.2 Å². The number of allylic oxidation sites excluding steroid dienone is 1. The van der Waals surface area contributed by atoms with Crippen molar-refractivity contribution in [3.05, 3.63) is 63.6 Å². The topological polar surface area (TPSA) is 55.8 Å². The van der Waals surface area contributed by atoms with E-state index in [9.17, 15) is 9.90 Å². The number of carbonyl (C=O) groups is 1. The summed E-state index contributed by atoms with van der Waals surface area (Å²) in [4.78, 5) is 11.5. The summed E-state index contributed by atoms with van der Waals surface area (Å²) >= 11 is 12.8. The average Bonchev–Trinajstić information content (AvgIpc) is 2.79. The van der Waals surface area contributed by atoms with Crippen LogP contribution in [0.1, 0.15) is 76.3 Å². The number of unbranched alkanes of at least 4 members (excludes halogenated alkanes) is 7. The molecule has 0 saturated carbocycles. The van der Waals surface area contributed by atoms with Gasteiger partial charge in [0, 0.05) is 12.1 Å². The van der Waals surface area contributed by atoms with Gasteiger partial charge in [-0.05, 0) is 24.5 Å². The summed E-state index contributed by atoms with van der Waals surface area (Å²) < 4.78 is 11.7. The molecule has 0 bridgehead atoms. The second kappa shape index (κ2) is 14.9. The predicted molar refractivity (Wildman–Crippen MR) is 137 cm³/mol. The Hall–Kier alpha value is -2.17. The number of aliphatic carboxylic acids is 1. The van der Waals surface area contributed by atoms with Crippen LogP contribution in [0.15, 0.2) is 42.5 Å². The Labute approximate surface area is 207 Å². The zero-order valence-corrected chi connectivity index (χ0v) is 21.1. The van der Waals surface area contributed by atoms with Gasteiger partial charge >= 0.3 is 5.97 Å². The molecule has 2 aromatic carbocycles. The van der Waals surface area contributed by atoms with E-state index in [0.717, 1.165) is 18.4 Å². The average molecular weight is 493 g/mol. The van der Waals surface area contributed by atoms with Crippen LogP contribution in [-0.4, -0.2) is 17.7 Å². The maximum Gasteiger partial charge on any atom is 0.335 e. The molecule has 0 fully saturated rings. The van der Waals surface area contributed by atoms with E-state index >= 15 is 0 Å². The fourth-order valence-electron chi connectivity index (χ4n) is 3.63. The molecule has 2 rings (SSSR count). The SMILES string of the molecule is C/C=C(/C(=O)O)c1ccccc1COc1cc(Cl)c(OCCCCCCCCCC)c(Cl)c1. The van der Waals surface area contributed by atoms with Gasteiger partial charge < -0.3 is 14.6 Å². The zero-order chi connectivity index (χ0) is 24.1. The molecule has 4 nitrogen and oxygen atoms in total. The molecule has 0 amide bonds. The van der Waals surface area contributed by atoms with E-state index < -0.39 is 5.97 Å². The van der Waals surface area contributed by atoms with E-state index in [2.05, 4.69) is 6.92 Å². The number of hydrogen-bond donors (Lipinski definition) is 1. The third-order valence-corrected chi connectivity index (χ3v) is 6.00. The Morgan fingerprint density at radius 1 is 0.939 bits per heavy atom. The first-order valence-corrected chi connectivity index (χ1v) is 12.5. The highest BCUT2D eigenvalue weighted by atomic mass is 35.5. The van der Waals surface area contributed by atoms with Crippen LogP contribution >= 0.6 is 23.2 Å². The first-order chi connectivity index (χ1) is 16.0. The van der Waals surface area contributed by atoms with Gasteiger partial charge in [-0.25, -0.2) is 4.79 Å². The highest BCUT2D eigenvalue weighted by molar-refractivity contribution is 6.37. The van der Waals surface area contributed by atoms with Crippen molar-refractivity contribution >= 4 is 34.7 Å². The molecule has 0 aromatic heterocycles. The van der Waals surface area contributed by atoms with Gasteiger partial charge in [-0.1, -0.05) is 105 Å². The quantitative estimate of drug-likeness (QED) is 0.199. The van der Waals surface area contributed by atoms with E-state index in [4.69, 9.17) is 32.7 Å². The van der Waals surface area contributed by atoms with Crippen LogP contribution in [-0.2, 0) is 11.4 Å². The van der Waals surface area contributed by atoms with Crippen LogP contribution in [0.5, 0.6) is 11.5 Å². The number of carboxylic acid groups (broad SMARTS) is 1. The molecule has 0 radical (unpaired) electrons. The maximum atomic E-state index is 11.5. The van der Waals surface area contributed by atoms with Gasteiger partial charge in [-0.2, -0.15) is 0 Å². The summed E-state index contributed by atoms with van der Waals surface area (Å²) in [5, 5.41) is 10.2. The van der Waals surface area contributed by atoms with Crippen LogP contribution in [0.25, 0.3) is 5.57 Å². The molecule has 0 atom stereocenters. The molecule has 0 aliphatic heterocycles. The second-order valence-corrected chi connectivity index (χ2v) is 8.81. The van der Waals surface area contributed by atoms with Crippen LogP contribution < -0.4 is 9.47 Å². The molecule has 0 aliphatic rings. The molecule has 6 heteroatoms. The minimum absolute atomic E-state index is 0.186. The van der Waals surface area contributed by atoms with Crippen molar-refractivity contribution in [1.82, 2.24) is 0 Å². The second-order valence-electron chi connectivity index (χ2n) is 7.99. The van der Waals surface area contributed by atoms with Gasteiger partial charge in [0.15, 0.2) is 5.75 Å². The van der Waals surface area contributed by atoms with Gasteiger partial charge in [-0.3, -0.25) is 0 Å². The van der Waals surface area contributed by atoms with Crippen molar-refractivity contribution in [2.75, 3.05) is 6.61 Å². The molecule has 33 heavy (non-hydrogen) atoms. The number of carboxylic acids is 1. The fourth-order valence-corrected chi connectivity index (χ4v) is 4.21. The van der Waals surface area contributed by atoms with Gasteiger partial charge in [0.1, 0.15) is 12.4 Å². The summed E-state index contributed by atoms with van der Waals surface area (Å²) in [6.07, 6.45) is 11.4. The third kappa shape index (κ3) is 8.94. The molecule has 0 saturated heterocycles. The van der Waals surface area contributed by atoms with Crippen molar-refractivity contribution in [2.24, 2.45) is 0 Å². The van der Waals surface area contributed by atoms with Crippen LogP contribution in [0, 0.1) is 0 Å². The monoisotopic (exact) mass is 492 g/mol. The number of benzene rings is 2. The molecule has 2 aromatic rings. The van der Waals surface area contributed by atoms with Crippen LogP contribution in [0.4, 0.5) is 0 Å². The van der Waals surface area contributed by atoms with E-state index in [1.807, 2.05) is 12.1 Å². The summed E-state index contributed by atoms with van der Waals surface area (Å²) in [6, 6.07) is 10.6. The van der Waals surface area contributed by atoms with Crippen molar-refractivity contribution in [3.8, 4) is 11.5 Å². The Kier molecular flexibility index (Phi) is 12.2. The lowest BCUT2D eigenvalue weighted by molar-refractivity contribution is -0.130. The van der Waals surface area contributed by atoms with Crippen molar-refractivity contribution in [1.29, 1.82) is 0 Å². The number of halogens is 2. The highest BCUT2D eigenvalue weighted by Crippen LogP contribution is 2.37. The van der Waals surface area contributed by atoms with Gasteiger partial charge in [-0.15, -0.1) is 0 Å². The highest BCUT2D eigenvalue weighted by Gasteiger charge is 2.15. The standard InChI is InChI=1S/C27H34Cl2O4/c1-3-5-6-7-8-9-10-13-16-32-26-24(28)17-21(18-25(26)29)33-19-20-14-11-12-15-23(20)22(4-2)27(30)31/h4,11-12,14-15,17-18H,3,5-10,13,16,19H2,1-2H3,(H,30,31)/b22-4+. The smallest absolute Gasteiger partial charge is 0.335 e. The zero-order valence-electron chi connectivity index (χ0n) is 19.5. The lowest BCUT2D eigenvalue weighted by atomic mass is 10.00. The van der Waals surface area contributed by atoms with E-state index in [0.29, 0.717) is 33.7 Å². The largest absolute Gasteiger partial charge is 0.490 e. The van der Waals surface area contributed by atoms with Crippen molar-refractivity contribution < 1.29 is 19.4 Å². The predicted octanol–water partition coefficient (Wildman–Crippen LogP) is 8.58. The Morgan fingerprint density at radius 3 is 2.15 bits per heavy atom. The number of rotatable bonds is 15. The van der Waals surface area contributed by atoms with Gasteiger partial charge in [0.2, 0.25) is 0 Å². The fraction of sp³-hybridized carbons (Fsp3) is 0.444. The van der Waals surface area contributed by atoms with Crippen LogP contribution in [0.3, 0.4) is 0 Å². The lowest BCUT2D eigenvalue weighted by Crippen LogP contribution is -2.05. The minimum atomic E-state index is -0.978. The Bertz CT molecular complexity index is 901. The molecule has 0 aliphatic carbocycles.